The molecular formula is C30H35N3O5S2Se. The number of allylic oxidation sites excluding steroid dienone is 4. The van der Waals surface area contributed by atoms with Crippen LogP contribution in [0.15, 0.2) is 76.2 Å². The number of thioether (sulfide) groups is 1. The fourth-order valence-electron chi connectivity index (χ4n) is 4.79. The van der Waals surface area contributed by atoms with Gasteiger partial charge in [-0.05, 0) is 5.39 Å². The molecule has 2 aromatic rings. The van der Waals surface area contributed by atoms with Gasteiger partial charge in [0.25, 0.3) is 10.1 Å². The van der Waals surface area contributed by atoms with Crippen LogP contribution < -0.4 is 4.90 Å². The molecule has 0 atom stereocenters. The van der Waals surface area contributed by atoms with Gasteiger partial charge in [-0.2, -0.15) is 8.42 Å². The van der Waals surface area contributed by atoms with Crippen LogP contribution in [-0.4, -0.2) is 80.2 Å². The van der Waals surface area contributed by atoms with Crippen LogP contribution in [0.25, 0.3) is 10.8 Å². The molecule has 2 aromatic carbocycles. The molecule has 2 aliphatic rings. The number of hydrogen-bond acceptors (Lipinski definition) is 6. The van der Waals surface area contributed by atoms with Gasteiger partial charge in [0.1, 0.15) is 0 Å². The van der Waals surface area contributed by atoms with Gasteiger partial charge in [0, 0.05) is 0 Å². The van der Waals surface area contributed by atoms with E-state index in [0.29, 0.717) is 24.3 Å². The maximum atomic E-state index is 13.3. The number of amides is 2. The van der Waals surface area contributed by atoms with Crippen LogP contribution in [0.2, 0.25) is 0 Å². The minimum absolute atomic E-state index is 0.129. The van der Waals surface area contributed by atoms with Crippen molar-refractivity contribution in [3.05, 3.63) is 71.3 Å². The molecule has 1 saturated heterocycles. The van der Waals surface area contributed by atoms with Crippen molar-refractivity contribution in [3.8, 4) is 0 Å². The second-order valence-electron chi connectivity index (χ2n) is 9.90. The quantitative estimate of drug-likeness (QED) is 0.150. The van der Waals surface area contributed by atoms with Gasteiger partial charge in [0.05, 0.1) is 5.75 Å². The van der Waals surface area contributed by atoms with Crippen LogP contribution in [0, 0.1) is 0 Å². The third-order valence-corrected chi connectivity index (χ3v) is 9.74. The van der Waals surface area contributed by atoms with E-state index in [4.69, 9.17) is 0 Å². The Hall–Kier alpha value is -2.69. The number of benzene rings is 2. The van der Waals surface area contributed by atoms with Crippen LogP contribution in [-0.2, 0) is 19.7 Å². The van der Waals surface area contributed by atoms with Crippen molar-refractivity contribution in [2.24, 2.45) is 0 Å². The summed E-state index contributed by atoms with van der Waals surface area (Å²) in [4.78, 5) is 33.0. The normalized spacial score (nSPS) is 17.0. The van der Waals surface area contributed by atoms with Gasteiger partial charge in [0.15, 0.2) is 0 Å². The van der Waals surface area contributed by atoms with Gasteiger partial charge in [-0.15, -0.1) is 0 Å². The summed E-state index contributed by atoms with van der Waals surface area (Å²) in [7, 11) is -4.07. The van der Waals surface area contributed by atoms with Crippen molar-refractivity contribution in [1.29, 1.82) is 0 Å². The Morgan fingerprint density at radius 1 is 0.854 bits per heavy atom. The summed E-state index contributed by atoms with van der Waals surface area (Å²) in [5.41, 5.74) is 1.13. The van der Waals surface area contributed by atoms with Crippen LogP contribution in [0.4, 0.5) is 5.69 Å². The molecule has 4 rings (SSSR count). The maximum absolute atomic E-state index is 13.3. The number of anilines is 1. The van der Waals surface area contributed by atoms with Gasteiger partial charge < -0.3 is 0 Å². The Morgan fingerprint density at radius 2 is 1.46 bits per heavy atom. The van der Waals surface area contributed by atoms with E-state index in [2.05, 4.69) is 46.5 Å². The van der Waals surface area contributed by atoms with E-state index in [1.165, 1.54) is 0 Å². The van der Waals surface area contributed by atoms with E-state index >= 15 is 0 Å². The van der Waals surface area contributed by atoms with Crippen LogP contribution in [0.3, 0.4) is 0 Å². The van der Waals surface area contributed by atoms with Crippen molar-refractivity contribution in [3.63, 3.8) is 0 Å². The van der Waals surface area contributed by atoms with Crippen molar-refractivity contribution in [1.82, 2.24) is 9.80 Å². The molecule has 0 aliphatic carbocycles. The summed E-state index contributed by atoms with van der Waals surface area (Å²) in [6.07, 6.45) is 10.8. The number of fused-ring (bicyclic) bond motifs is 3. The number of hydrogen-bond donors (Lipinski definition) is 1. The predicted octanol–water partition coefficient (Wildman–Crippen LogP) is 4.88. The third-order valence-electron chi connectivity index (χ3n) is 6.89. The zero-order valence-corrected chi connectivity index (χ0v) is 26.6. The summed E-state index contributed by atoms with van der Waals surface area (Å²) in [5, 5.41) is 3.02. The summed E-state index contributed by atoms with van der Waals surface area (Å²) < 4.78 is 32.6. The Balaban J connectivity index is 1.62. The molecule has 218 valence electrons. The summed E-state index contributed by atoms with van der Waals surface area (Å²) >= 11 is 4.51. The first-order valence-corrected chi connectivity index (χ1v) is 17.1. The summed E-state index contributed by atoms with van der Waals surface area (Å²) in [6.45, 7) is 5.61. The second-order valence-corrected chi connectivity index (χ2v) is 13.3. The SMILES string of the molecule is CCCCN1C(=O)C(=CC=CC=C2Sc3ccc4ccccc4c3N2CCCS(=O)(=O)O)C(=O)N(CCCC)C1=[Se]. The molecular weight excluding hydrogens is 625 g/mol. The minimum atomic E-state index is -4.07. The average molecular weight is 661 g/mol. The van der Waals surface area contributed by atoms with Gasteiger partial charge in [-0.1, -0.05) is 30.3 Å². The van der Waals surface area contributed by atoms with Crippen molar-refractivity contribution in [2.75, 3.05) is 30.3 Å². The molecule has 0 spiro atoms. The first-order valence-electron chi connectivity index (χ1n) is 13.8. The Bertz CT molecular complexity index is 1500. The molecule has 2 heterocycles. The Labute approximate surface area is 254 Å². The summed E-state index contributed by atoms with van der Waals surface area (Å²) in [5.74, 6) is -0.934. The fraction of sp³-hybridized carbons (Fsp3) is 0.367. The van der Waals surface area contributed by atoms with Crippen molar-refractivity contribution < 1.29 is 22.6 Å². The van der Waals surface area contributed by atoms with E-state index in [1.54, 1.807) is 39.8 Å². The topological polar surface area (TPSA) is 98.2 Å². The monoisotopic (exact) mass is 661 g/mol. The van der Waals surface area contributed by atoms with Crippen LogP contribution in [0.5, 0.6) is 0 Å². The van der Waals surface area contributed by atoms with Crippen molar-refractivity contribution in [2.45, 2.75) is 50.8 Å². The van der Waals surface area contributed by atoms with E-state index in [1.807, 2.05) is 30.3 Å². The molecule has 2 amide bonds. The van der Waals surface area contributed by atoms with Gasteiger partial charge in [-0.25, -0.2) is 0 Å². The van der Waals surface area contributed by atoms with Crippen LogP contribution >= 0.6 is 11.8 Å². The zero-order valence-electron chi connectivity index (χ0n) is 23.3. The number of carbonyl (C=O) groups excluding carboxylic acids is 2. The molecule has 0 saturated carbocycles. The van der Waals surface area contributed by atoms with E-state index in [-0.39, 0.29) is 29.6 Å². The van der Waals surface area contributed by atoms with Gasteiger partial charge in [0.2, 0.25) is 0 Å². The van der Waals surface area contributed by atoms with Crippen LogP contribution in [0.1, 0.15) is 46.0 Å². The molecule has 0 aromatic heterocycles. The first-order chi connectivity index (χ1) is 19.7. The van der Waals surface area contributed by atoms with Gasteiger partial charge in [-0.3, -0.25) is 4.55 Å². The number of unbranched alkanes of at least 4 members (excludes halogenated alkanes) is 2. The van der Waals surface area contributed by atoms with Crippen molar-refractivity contribution >= 4 is 70.4 Å². The molecule has 0 unspecified atom stereocenters. The van der Waals surface area contributed by atoms with E-state index < -0.39 is 10.1 Å². The molecule has 41 heavy (non-hydrogen) atoms. The third kappa shape index (κ3) is 7.40. The number of carbonyl (C=O) groups is 2. The molecule has 8 nitrogen and oxygen atoms in total. The Morgan fingerprint density at radius 3 is 2.10 bits per heavy atom. The molecule has 0 bridgehead atoms. The molecule has 11 heteroatoms. The molecule has 0 radical (unpaired) electrons. The molecule has 1 fully saturated rings. The fourth-order valence-corrected chi connectivity index (χ4v) is 7.13. The molecule has 1 N–H and O–H groups in total. The van der Waals surface area contributed by atoms with E-state index in [9.17, 15) is 22.6 Å². The first kappa shape index (κ1) is 31.2. The standard InChI is InChI=1S/C30H35N3O5S2Se/c1-3-5-18-32-28(34)24(29(35)33(30(32)41)19-6-4-2)14-9-10-15-26-31(20-11-21-40(36,37)38)27-23-13-8-7-12-22(23)16-17-25(27)39-26/h7-10,12-17H,3-6,11,18-21H2,1-2H3,(H,36,37,38). The summed E-state index contributed by atoms with van der Waals surface area (Å²) in [6, 6.07) is 12.1. The number of rotatable bonds is 12. The number of nitrogens with zero attached hydrogens (tertiary/aromatic N) is 3. The van der Waals surface area contributed by atoms with E-state index in [0.717, 1.165) is 52.1 Å². The predicted molar refractivity (Wildman–Crippen MR) is 167 cm³/mol. The molecule has 2 aliphatic heterocycles. The average Bonchev–Trinajstić information content (AvgIpc) is 3.29. The van der Waals surface area contributed by atoms with Gasteiger partial charge >= 0.3 is 191 Å². The Kier molecular flexibility index (Phi) is 10.7. The zero-order chi connectivity index (χ0) is 29.6. The second kappa shape index (κ2) is 14.0.